The lowest BCUT2D eigenvalue weighted by Crippen LogP contribution is -2.47. The molecule has 0 bridgehead atoms. The summed E-state index contributed by atoms with van der Waals surface area (Å²) < 4.78 is 5.29. The van der Waals surface area contributed by atoms with E-state index in [1.807, 2.05) is 0 Å². The number of morpholine rings is 1. The van der Waals surface area contributed by atoms with Gasteiger partial charge in [0.05, 0.1) is 6.61 Å². The van der Waals surface area contributed by atoms with Crippen LogP contribution in [0.15, 0.2) is 18.2 Å². The Bertz CT molecular complexity index is 433. The van der Waals surface area contributed by atoms with Crippen LogP contribution in [-0.2, 0) is 16.1 Å². The molecule has 1 aromatic carbocycles. The molecule has 1 aromatic rings. The van der Waals surface area contributed by atoms with Crippen LogP contribution < -0.4 is 5.73 Å². The number of ether oxygens (including phenoxy) is 1. The van der Waals surface area contributed by atoms with Crippen molar-refractivity contribution in [2.45, 2.75) is 12.6 Å². The highest BCUT2D eigenvalue weighted by Gasteiger charge is 2.25. The molecule has 18 heavy (non-hydrogen) atoms. The standard InChI is InChI=1S/C12H14Cl2N2O2/c13-9-2-1-3-10(14)8(9)6-16-4-5-18-11(7-16)12(15)17/h1-3,11H,4-7H2,(H2,15,17). The average molecular weight is 289 g/mol. The Hall–Kier alpha value is -0.810. The van der Waals surface area contributed by atoms with Crippen LogP contribution in [0.5, 0.6) is 0 Å². The van der Waals surface area contributed by atoms with Crippen molar-refractivity contribution in [2.24, 2.45) is 5.73 Å². The van der Waals surface area contributed by atoms with E-state index in [1.54, 1.807) is 18.2 Å². The Balaban J connectivity index is 2.07. The van der Waals surface area contributed by atoms with Crippen LogP contribution in [-0.4, -0.2) is 36.6 Å². The van der Waals surface area contributed by atoms with Crippen molar-refractivity contribution >= 4 is 29.1 Å². The van der Waals surface area contributed by atoms with Gasteiger partial charge in [0.2, 0.25) is 5.91 Å². The molecule has 98 valence electrons. The number of amides is 1. The first-order chi connectivity index (χ1) is 8.58. The van der Waals surface area contributed by atoms with E-state index in [2.05, 4.69) is 4.90 Å². The Kier molecular flexibility index (Phi) is 4.45. The van der Waals surface area contributed by atoms with Crippen molar-refractivity contribution in [2.75, 3.05) is 19.7 Å². The van der Waals surface area contributed by atoms with E-state index in [1.165, 1.54) is 0 Å². The number of benzene rings is 1. The highest BCUT2D eigenvalue weighted by atomic mass is 35.5. The second kappa shape index (κ2) is 5.89. The first-order valence-corrected chi connectivity index (χ1v) is 6.39. The number of nitrogens with zero attached hydrogens (tertiary/aromatic N) is 1. The molecule has 1 unspecified atom stereocenters. The van der Waals surface area contributed by atoms with Gasteiger partial charge >= 0.3 is 0 Å². The average Bonchev–Trinajstić information content (AvgIpc) is 2.34. The number of hydrogen-bond donors (Lipinski definition) is 1. The number of hydrogen-bond acceptors (Lipinski definition) is 3. The summed E-state index contributed by atoms with van der Waals surface area (Å²) in [6.45, 7) is 2.27. The minimum atomic E-state index is -0.556. The van der Waals surface area contributed by atoms with Gasteiger partial charge in [-0.1, -0.05) is 29.3 Å². The molecule has 2 N–H and O–H groups in total. The van der Waals surface area contributed by atoms with E-state index in [0.29, 0.717) is 29.7 Å². The van der Waals surface area contributed by atoms with Crippen LogP contribution in [0.1, 0.15) is 5.56 Å². The van der Waals surface area contributed by atoms with Gasteiger partial charge in [0, 0.05) is 35.2 Å². The summed E-state index contributed by atoms with van der Waals surface area (Å²) in [5, 5.41) is 1.26. The predicted molar refractivity (Wildman–Crippen MR) is 70.7 cm³/mol. The second-order valence-corrected chi connectivity index (χ2v) is 5.01. The van der Waals surface area contributed by atoms with Gasteiger partial charge < -0.3 is 10.5 Å². The maximum atomic E-state index is 11.1. The van der Waals surface area contributed by atoms with Crippen LogP contribution >= 0.6 is 23.2 Å². The van der Waals surface area contributed by atoms with Crippen molar-refractivity contribution in [3.8, 4) is 0 Å². The third-order valence-electron chi connectivity index (χ3n) is 2.91. The lowest BCUT2D eigenvalue weighted by Gasteiger charge is -2.31. The van der Waals surface area contributed by atoms with Crippen molar-refractivity contribution in [1.29, 1.82) is 0 Å². The molecule has 1 aliphatic rings. The summed E-state index contributed by atoms with van der Waals surface area (Å²) in [6, 6.07) is 5.41. The number of carbonyl (C=O) groups is 1. The van der Waals surface area contributed by atoms with Gasteiger partial charge in [-0.3, -0.25) is 9.69 Å². The van der Waals surface area contributed by atoms with Crippen LogP contribution in [0.3, 0.4) is 0 Å². The fourth-order valence-corrected chi connectivity index (χ4v) is 2.44. The van der Waals surface area contributed by atoms with E-state index < -0.39 is 12.0 Å². The van der Waals surface area contributed by atoms with Crippen LogP contribution in [0.4, 0.5) is 0 Å². The summed E-state index contributed by atoms with van der Waals surface area (Å²) in [6.07, 6.45) is -0.556. The Morgan fingerprint density at radius 3 is 2.72 bits per heavy atom. The molecule has 1 saturated heterocycles. The molecule has 0 aromatic heterocycles. The zero-order valence-corrected chi connectivity index (χ0v) is 11.2. The summed E-state index contributed by atoms with van der Waals surface area (Å²) in [7, 11) is 0. The smallest absolute Gasteiger partial charge is 0.247 e. The molecule has 2 rings (SSSR count). The van der Waals surface area contributed by atoms with Crippen molar-refractivity contribution in [1.82, 2.24) is 4.90 Å². The first kappa shape index (κ1) is 13.6. The minimum absolute atomic E-state index is 0.440. The van der Waals surface area contributed by atoms with Gasteiger partial charge in [0.15, 0.2) is 0 Å². The largest absolute Gasteiger partial charge is 0.367 e. The van der Waals surface area contributed by atoms with Crippen molar-refractivity contribution < 1.29 is 9.53 Å². The minimum Gasteiger partial charge on any atom is -0.367 e. The predicted octanol–water partition coefficient (Wildman–Crippen LogP) is 1.68. The number of nitrogens with two attached hydrogens (primary N) is 1. The number of carbonyl (C=O) groups excluding carboxylic acids is 1. The maximum absolute atomic E-state index is 11.1. The summed E-state index contributed by atoms with van der Waals surface area (Å²) in [5.74, 6) is -0.440. The van der Waals surface area contributed by atoms with Crippen LogP contribution in [0, 0.1) is 0 Å². The first-order valence-electron chi connectivity index (χ1n) is 5.64. The van der Waals surface area contributed by atoms with Gasteiger partial charge in [0.1, 0.15) is 6.10 Å². The quantitative estimate of drug-likeness (QED) is 0.921. The summed E-state index contributed by atoms with van der Waals surface area (Å²) >= 11 is 12.2. The summed E-state index contributed by atoms with van der Waals surface area (Å²) in [5.41, 5.74) is 6.11. The fourth-order valence-electron chi connectivity index (χ4n) is 1.93. The number of rotatable bonds is 3. The third kappa shape index (κ3) is 3.14. The highest BCUT2D eigenvalue weighted by Crippen LogP contribution is 2.26. The maximum Gasteiger partial charge on any atom is 0.247 e. The molecule has 0 spiro atoms. The number of primary amides is 1. The zero-order chi connectivity index (χ0) is 13.1. The molecule has 1 heterocycles. The SMILES string of the molecule is NC(=O)C1CN(Cc2c(Cl)cccc2Cl)CCO1. The van der Waals surface area contributed by atoms with Gasteiger partial charge in [-0.2, -0.15) is 0 Å². The molecule has 1 amide bonds. The fraction of sp³-hybridized carbons (Fsp3) is 0.417. The molecule has 1 aliphatic heterocycles. The molecule has 1 atom stereocenters. The van der Waals surface area contributed by atoms with Crippen LogP contribution in [0.2, 0.25) is 10.0 Å². The third-order valence-corrected chi connectivity index (χ3v) is 3.62. The van der Waals surface area contributed by atoms with Gasteiger partial charge in [-0.05, 0) is 12.1 Å². The van der Waals surface area contributed by atoms with Gasteiger partial charge in [-0.25, -0.2) is 0 Å². The molecule has 1 fully saturated rings. The van der Waals surface area contributed by atoms with Gasteiger partial charge in [-0.15, -0.1) is 0 Å². The van der Waals surface area contributed by atoms with E-state index in [4.69, 9.17) is 33.7 Å². The van der Waals surface area contributed by atoms with Crippen molar-refractivity contribution in [3.63, 3.8) is 0 Å². The molecule has 6 heteroatoms. The molecular weight excluding hydrogens is 275 g/mol. The molecule has 4 nitrogen and oxygen atoms in total. The topological polar surface area (TPSA) is 55.6 Å². The monoisotopic (exact) mass is 288 g/mol. The Labute approximate surface area is 116 Å². The highest BCUT2D eigenvalue weighted by molar-refractivity contribution is 6.35. The molecule has 0 aliphatic carbocycles. The van der Waals surface area contributed by atoms with E-state index in [9.17, 15) is 4.79 Å². The van der Waals surface area contributed by atoms with E-state index in [-0.39, 0.29) is 0 Å². The molecule has 0 saturated carbocycles. The summed E-state index contributed by atoms with van der Waals surface area (Å²) in [4.78, 5) is 13.2. The van der Waals surface area contributed by atoms with E-state index >= 15 is 0 Å². The second-order valence-electron chi connectivity index (χ2n) is 4.20. The van der Waals surface area contributed by atoms with Crippen LogP contribution in [0.25, 0.3) is 0 Å². The van der Waals surface area contributed by atoms with E-state index in [0.717, 1.165) is 12.1 Å². The molecule has 0 radical (unpaired) electrons. The zero-order valence-electron chi connectivity index (χ0n) is 9.73. The lowest BCUT2D eigenvalue weighted by atomic mass is 10.2. The Morgan fingerprint density at radius 2 is 2.11 bits per heavy atom. The lowest BCUT2D eigenvalue weighted by molar-refractivity contribution is -0.135. The van der Waals surface area contributed by atoms with Crippen molar-refractivity contribution in [3.05, 3.63) is 33.8 Å². The Morgan fingerprint density at radius 1 is 1.44 bits per heavy atom. The normalized spacial score (nSPS) is 20.9. The van der Waals surface area contributed by atoms with Gasteiger partial charge in [0.25, 0.3) is 0 Å². The molecular formula is C12H14Cl2N2O2. The number of halogens is 2.